The van der Waals surface area contributed by atoms with E-state index in [1.807, 2.05) is 12.3 Å². The van der Waals surface area contributed by atoms with E-state index in [2.05, 4.69) is 96.2 Å². The monoisotopic (exact) mass is 436 g/mol. The molecule has 172 valence electrons. The van der Waals surface area contributed by atoms with Gasteiger partial charge in [-0.05, 0) is 59.0 Å². The molecule has 4 aromatic rings. The van der Waals surface area contributed by atoms with Crippen LogP contribution in [0, 0.1) is 0 Å². The van der Waals surface area contributed by atoms with Crippen LogP contribution in [0.1, 0.15) is 40.2 Å². The quantitative estimate of drug-likeness (QED) is 0.428. The summed E-state index contributed by atoms with van der Waals surface area (Å²) in [5.74, 6) is 0. The van der Waals surface area contributed by atoms with Gasteiger partial charge in [0.15, 0.2) is 0 Å². The molecule has 0 aliphatic carbocycles. The highest BCUT2D eigenvalue weighted by Gasteiger charge is 2.11. The van der Waals surface area contributed by atoms with Crippen LogP contribution >= 0.6 is 0 Å². The van der Waals surface area contributed by atoms with Gasteiger partial charge in [0.2, 0.25) is 0 Å². The summed E-state index contributed by atoms with van der Waals surface area (Å²) >= 11 is 0. The first-order valence-corrected chi connectivity index (χ1v) is 11.0. The Morgan fingerprint density at radius 2 is 1.62 bits per heavy atom. The molecule has 1 aromatic carbocycles. The van der Waals surface area contributed by atoms with E-state index in [4.69, 9.17) is 4.52 Å². The number of para-hydroxylation sites is 1. The van der Waals surface area contributed by atoms with E-state index in [-0.39, 0.29) is 1.43 Å². The fourth-order valence-corrected chi connectivity index (χ4v) is 3.21. The summed E-state index contributed by atoms with van der Waals surface area (Å²) in [6.07, 6.45) is 6.98. The Balaban J connectivity index is 0.000000228. The van der Waals surface area contributed by atoms with Crippen molar-refractivity contribution in [2.45, 2.75) is 52.9 Å². The Morgan fingerprint density at radius 1 is 0.938 bits per heavy atom. The Morgan fingerprint density at radius 3 is 2.28 bits per heavy atom. The number of hydrogen-bond donors (Lipinski definition) is 1. The van der Waals surface area contributed by atoms with Gasteiger partial charge < -0.3 is 4.52 Å². The predicted molar refractivity (Wildman–Crippen MR) is 131 cm³/mol. The number of hydrogen-bond acceptors (Lipinski definition) is 6. The van der Waals surface area contributed by atoms with Crippen molar-refractivity contribution in [3.8, 4) is 11.3 Å². The Bertz CT molecular complexity index is 1090. The van der Waals surface area contributed by atoms with Crippen LogP contribution in [0.4, 0.5) is 0 Å². The normalized spacial score (nSPS) is 11.6. The molecule has 0 bridgehead atoms. The molecule has 0 unspecified atom stereocenters. The minimum Gasteiger partial charge on any atom is -0.364 e. The molecule has 0 fully saturated rings. The first-order chi connectivity index (χ1) is 15.4. The smallest absolute Gasteiger partial charge is 0.133 e. The lowest BCUT2D eigenvalue weighted by molar-refractivity contribution is 0.266. The fraction of sp³-hybridized carbons (Fsp3) is 0.400. The maximum absolute atomic E-state index is 4.87. The molecule has 0 atom stereocenters. The van der Waals surface area contributed by atoms with Crippen molar-refractivity contribution in [2.75, 3.05) is 14.1 Å². The van der Waals surface area contributed by atoms with Crippen molar-refractivity contribution in [3.05, 3.63) is 66.3 Å². The van der Waals surface area contributed by atoms with Gasteiger partial charge in [-0.2, -0.15) is 5.10 Å². The van der Waals surface area contributed by atoms with Gasteiger partial charge in [-0.3, -0.25) is 19.9 Å². The highest BCUT2D eigenvalue weighted by atomic mass is 16.5. The second-order valence-corrected chi connectivity index (χ2v) is 8.69. The Hall–Kier alpha value is -3.03. The van der Waals surface area contributed by atoms with Crippen LogP contribution in [0.5, 0.6) is 0 Å². The number of pyridine rings is 1. The first-order valence-electron chi connectivity index (χ1n) is 11.0. The highest BCUT2D eigenvalue weighted by molar-refractivity contribution is 5.81. The molecule has 7 nitrogen and oxygen atoms in total. The third-order valence-corrected chi connectivity index (χ3v) is 5.76. The van der Waals surface area contributed by atoms with E-state index in [0.717, 1.165) is 29.9 Å². The Labute approximate surface area is 191 Å². The number of rotatable bonds is 7. The zero-order valence-electron chi connectivity index (χ0n) is 19.9. The van der Waals surface area contributed by atoms with Crippen LogP contribution in [-0.2, 0) is 13.1 Å². The SMILES string of the molecule is CC(C)N(C)Cc1cccc2cn[nH]c12.CC(C)N(C)Cc1cccnc1-c1cnoc1.[HH]. The molecular weight excluding hydrogens is 400 g/mol. The summed E-state index contributed by atoms with van der Waals surface area (Å²) in [5, 5.41) is 12.0. The maximum atomic E-state index is 4.87. The number of nitrogens with one attached hydrogen (secondary N) is 1. The third-order valence-electron chi connectivity index (χ3n) is 5.76. The zero-order chi connectivity index (χ0) is 23.1. The van der Waals surface area contributed by atoms with Gasteiger partial charge in [-0.15, -0.1) is 0 Å². The standard InChI is InChI=1S/C13H17N3O.C12H17N3.H2/c1-10(2)16(3)8-11-5-4-6-14-13(11)12-7-15-17-9-12;1-9(2)15(3)8-11-6-4-5-10-7-13-14-12(10)11;/h4-7,9-10H,8H2,1-3H3;4-7,9H,8H2,1-3H3,(H,13,14);1H. The third kappa shape index (κ3) is 6.02. The van der Waals surface area contributed by atoms with Crippen LogP contribution < -0.4 is 0 Å². The topological polar surface area (TPSA) is 74.1 Å². The van der Waals surface area contributed by atoms with Crippen LogP contribution in [-0.4, -0.2) is 56.3 Å². The molecule has 3 heterocycles. The average molecular weight is 437 g/mol. The minimum absolute atomic E-state index is 0. The van der Waals surface area contributed by atoms with Gasteiger partial charge in [0.25, 0.3) is 0 Å². The van der Waals surface area contributed by atoms with Crippen molar-refractivity contribution in [2.24, 2.45) is 0 Å². The van der Waals surface area contributed by atoms with Crippen molar-refractivity contribution in [1.29, 1.82) is 0 Å². The van der Waals surface area contributed by atoms with Crippen molar-refractivity contribution >= 4 is 10.9 Å². The van der Waals surface area contributed by atoms with Crippen molar-refractivity contribution in [1.82, 2.24) is 30.1 Å². The van der Waals surface area contributed by atoms with E-state index in [1.54, 1.807) is 18.7 Å². The van der Waals surface area contributed by atoms with Gasteiger partial charge in [0, 0.05) is 38.2 Å². The second kappa shape index (κ2) is 11.0. The summed E-state index contributed by atoms with van der Waals surface area (Å²) < 4.78 is 4.87. The fourth-order valence-electron chi connectivity index (χ4n) is 3.21. The molecule has 0 radical (unpaired) electrons. The summed E-state index contributed by atoms with van der Waals surface area (Å²) in [6, 6.07) is 11.4. The predicted octanol–water partition coefficient (Wildman–Crippen LogP) is 5.23. The highest BCUT2D eigenvalue weighted by Crippen LogP contribution is 2.22. The summed E-state index contributed by atoms with van der Waals surface area (Å²) in [6.45, 7) is 10.6. The number of fused-ring (bicyclic) bond motifs is 1. The largest absolute Gasteiger partial charge is 0.364 e. The molecule has 0 spiro atoms. The Kier molecular flexibility index (Phi) is 8.14. The van der Waals surface area contributed by atoms with Crippen LogP contribution in [0.15, 0.2) is 59.7 Å². The van der Waals surface area contributed by atoms with E-state index in [1.165, 1.54) is 16.5 Å². The number of H-pyrrole nitrogens is 1. The molecule has 4 rings (SSSR count). The number of benzene rings is 1. The van der Waals surface area contributed by atoms with E-state index in [9.17, 15) is 0 Å². The number of aromatic amines is 1. The molecule has 0 saturated heterocycles. The van der Waals surface area contributed by atoms with E-state index >= 15 is 0 Å². The van der Waals surface area contributed by atoms with Gasteiger partial charge in [0.05, 0.1) is 29.2 Å². The minimum atomic E-state index is 0. The van der Waals surface area contributed by atoms with Crippen LogP contribution in [0.3, 0.4) is 0 Å². The number of nitrogens with zero attached hydrogens (tertiary/aromatic N) is 5. The molecule has 0 aliphatic heterocycles. The average Bonchev–Trinajstić information content (AvgIpc) is 3.47. The van der Waals surface area contributed by atoms with Gasteiger partial charge >= 0.3 is 0 Å². The molecule has 7 heteroatoms. The summed E-state index contributed by atoms with van der Waals surface area (Å²) in [4.78, 5) is 8.99. The first kappa shape index (κ1) is 23.6. The van der Waals surface area contributed by atoms with Crippen LogP contribution in [0.2, 0.25) is 0 Å². The maximum Gasteiger partial charge on any atom is 0.133 e. The van der Waals surface area contributed by atoms with E-state index in [0.29, 0.717) is 12.1 Å². The number of aromatic nitrogens is 4. The molecule has 32 heavy (non-hydrogen) atoms. The lowest BCUT2D eigenvalue weighted by atomic mass is 10.1. The molecular formula is C25H36N6O. The van der Waals surface area contributed by atoms with E-state index < -0.39 is 0 Å². The van der Waals surface area contributed by atoms with Crippen molar-refractivity contribution in [3.63, 3.8) is 0 Å². The molecule has 0 amide bonds. The van der Waals surface area contributed by atoms with Gasteiger partial charge in [0.1, 0.15) is 6.26 Å². The second-order valence-electron chi connectivity index (χ2n) is 8.69. The molecule has 0 saturated carbocycles. The zero-order valence-corrected chi connectivity index (χ0v) is 19.9. The molecule has 3 aromatic heterocycles. The lowest BCUT2D eigenvalue weighted by Gasteiger charge is -2.21. The van der Waals surface area contributed by atoms with Crippen molar-refractivity contribution < 1.29 is 5.95 Å². The molecule has 0 aliphatic rings. The van der Waals surface area contributed by atoms with Gasteiger partial charge in [-0.25, -0.2) is 0 Å². The summed E-state index contributed by atoms with van der Waals surface area (Å²) in [5.41, 5.74) is 5.53. The summed E-state index contributed by atoms with van der Waals surface area (Å²) in [7, 11) is 4.24. The molecule has 1 N–H and O–H groups in total. The lowest BCUT2D eigenvalue weighted by Crippen LogP contribution is -2.25. The van der Waals surface area contributed by atoms with Crippen LogP contribution in [0.25, 0.3) is 22.2 Å². The van der Waals surface area contributed by atoms with Gasteiger partial charge in [-0.1, -0.05) is 29.4 Å².